The normalized spacial score (nSPS) is 11.8. The Kier molecular flexibility index (Phi) is 5.88. The minimum atomic E-state index is -1.15. The zero-order valence-electron chi connectivity index (χ0n) is 14.0. The molecule has 10 heteroatoms. The lowest BCUT2D eigenvalue weighted by molar-refractivity contribution is -0.125. The largest absolute Gasteiger partial charge is 0.476 e. The number of aromatic nitrogens is 4. The van der Waals surface area contributed by atoms with Crippen LogP contribution in [0.4, 0.5) is 0 Å². The number of nitrogens with one attached hydrogen (secondary N) is 2. The molecule has 1 atom stereocenters. The molecule has 0 saturated heterocycles. The van der Waals surface area contributed by atoms with E-state index in [1.54, 1.807) is 23.9 Å². The van der Waals surface area contributed by atoms with E-state index in [0.717, 1.165) is 5.69 Å². The first-order valence-corrected chi connectivity index (χ1v) is 7.69. The third kappa shape index (κ3) is 4.90. The van der Waals surface area contributed by atoms with Crippen LogP contribution in [0.2, 0.25) is 0 Å². The molecule has 0 fully saturated rings. The Balaban J connectivity index is 1.71. The molecule has 0 radical (unpaired) electrons. The molecule has 2 amide bonds. The van der Waals surface area contributed by atoms with Gasteiger partial charge in [0.25, 0.3) is 0 Å². The summed E-state index contributed by atoms with van der Waals surface area (Å²) < 4.78 is 2.85. The fourth-order valence-electron chi connectivity index (χ4n) is 2.08. The molecule has 2 rings (SSSR count). The zero-order chi connectivity index (χ0) is 18.4. The number of nitrogens with zero attached hydrogens (tertiary/aromatic N) is 4. The third-order valence-corrected chi connectivity index (χ3v) is 3.57. The first kappa shape index (κ1) is 18.2. The van der Waals surface area contributed by atoms with Crippen LogP contribution >= 0.6 is 0 Å². The van der Waals surface area contributed by atoms with Crippen molar-refractivity contribution in [3.63, 3.8) is 0 Å². The Morgan fingerprint density at radius 2 is 1.96 bits per heavy atom. The second-order valence-electron chi connectivity index (χ2n) is 5.43. The molecule has 3 N–H and O–H groups in total. The van der Waals surface area contributed by atoms with E-state index in [0.29, 0.717) is 0 Å². The number of rotatable bonds is 8. The highest BCUT2D eigenvalue weighted by molar-refractivity contribution is 5.85. The zero-order valence-corrected chi connectivity index (χ0v) is 14.0. The number of carboxylic acid groups (broad SMARTS) is 1. The number of aromatic carboxylic acids is 1. The van der Waals surface area contributed by atoms with Gasteiger partial charge in [-0.25, -0.2) is 4.79 Å². The molecule has 1 unspecified atom stereocenters. The third-order valence-electron chi connectivity index (χ3n) is 3.57. The second-order valence-corrected chi connectivity index (χ2v) is 5.43. The maximum atomic E-state index is 12.0. The van der Waals surface area contributed by atoms with Gasteiger partial charge < -0.3 is 15.7 Å². The van der Waals surface area contributed by atoms with Crippen LogP contribution in [-0.4, -0.2) is 55.5 Å². The quantitative estimate of drug-likeness (QED) is 0.555. The molecule has 0 aliphatic carbocycles. The molecule has 0 aliphatic rings. The van der Waals surface area contributed by atoms with Crippen LogP contribution in [-0.2, 0) is 16.1 Å². The molecule has 0 aromatic carbocycles. The average molecular weight is 348 g/mol. The van der Waals surface area contributed by atoms with E-state index in [9.17, 15) is 14.4 Å². The van der Waals surface area contributed by atoms with Gasteiger partial charge in [0.2, 0.25) is 11.8 Å². The number of aryl methyl sites for hydroxylation is 1. The number of carboxylic acids is 1. The maximum absolute atomic E-state index is 12.0. The van der Waals surface area contributed by atoms with E-state index in [1.807, 2.05) is 6.92 Å². The highest BCUT2D eigenvalue weighted by Gasteiger charge is 2.17. The van der Waals surface area contributed by atoms with Gasteiger partial charge in [-0.1, -0.05) is 0 Å². The van der Waals surface area contributed by atoms with Crippen molar-refractivity contribution in [1.82, 2.24) is 30.2 Å². The van der Waals surface area contributed by atoms with E-state index in [4.69, 9.17) is 5.11 Å². The smallest absolute Gasteiger partial charge is 0.356 e. The van der Waals surface area contributed by atoms with Gasteiger partial charge in [-0.2, -0.15) is 10.2 Å². The molecule has 0 saturated carbocycles. The van der Waals surface area contributed by atoms with Crippen LogP contribution in [0.1, 0.15) is 29.1 Å². The minimum Gasteiger partial charge on any atom is -0.476 e. The van der Waals surface area contributed by atoms with Crippen LogP contribution in [0.15, 0.2) is 24.5 Å². The van der Waals surface area contributed by atoms with Crippen LogP contribution in [0.3, 0.4) is 0 Å². The number of carbonyl (C=O) groups is 3. The maximum Gasteiger partial charge on any atom is 0.356 e. The summed E-state index contributed by atoms with van der Waals surface area (Å²) in [6.45, 7) is 4.10. The topological polar surface area (TPSA) is 131 Å². The average Bonchev–Trinajstić information content (AvgIpc) is 3.20. The Hall–Kier alpha value is -3.17. The summed E-state index contributed by atoms with van der Waals surface area (Å²) in [4.78, 5) is 34.6. The van der Waals surface area contributed by atoms with Crippen molar-refractivity contribution in [2.45, 2.75) is 26.4 Å². The number of amides is 2. The van der Waals surface area contributed by atoms with Gasteiger partial charge in [-0.15, -0.1) is 0 Å². The fraction of sp³-hybridized carbons (Fsp3) is 0.400. The summed E-state index contributed by atoms with van der Waals surface area (Å²) in [6, 6.07) is 2.47. The van der Waals surface area contributed by atoms with Crippen molar-refractivity contribution < 1.29 is 19.5 Å². The molecule has 0 aliphatic heterocycles. The minimum absolute atomic E-state index is 0.119. The standard InChI is InChI=1S/C15H20N6O4/c1-10-3-5-18-21(10)9-13(22)16-6-7-17-14(23)11(2)20-8-4-12(19-20)15(24)25/h3-5,8,11H,6-7,9H2,1-2H3,(H,16,22)(H,17,23)(H,24,25). The predicted octanol–water partition coefficient (Wildman–Crippen LogP) is -0.420. The van der Waals surface area contributed by atoms with Gasteiger partial charge in [0, 0.05) is 31.2 Å². The van der Waals surface area contributed by atoms with E-state index in [-0.39, 0.29) is 37.1 Å². The van der Waals surface area contributed by atoms with Gasteiger partial charge >= 0.3 is 5.97 Å². The van der Waals surface area contributed by atoms with Crippen molar-refractivity contribution in [2.24, 2.45) is 0 Å². The van der Waals surface area contributed by atoms with Gasteiger partial charge in [0.05, 0.1) is 0 Å². The SMILES string of the molecule is Cc1ccnn1CC(=O)NCCNC(=O)C(C)n1ccc(C(=O)O)n1. The highest BCUT2D eigenvalue weighted by Crippen LogP contribution is 2.05. The van der Waals surface area contributed by atoms with Gasteiger partial charge in [0.15, 0.2) is 5.69 Å². The van der Waals surface area contributed by atoms with E-state index >= 15 is 0 Å². The van der Waals surface area contributed by atoms with Crippen LogP contribution in [0, 0.1) is 6.92 Å². The van der Waals surface area contributed by atoms with E-state index < -0.39 is 12.0 Å². The molecule has 0 bridgehead atoms. The fourth-order valence-corrected chi connectivity index (χ4v) is 2.08. The number of carbonyl (C=O) groups excluding carboxylic acids is 2. The second kappa shape index (κ2) is 8.08. The van der Waals surface area contributed by atoms with Crippen LogP contribution in [0.25, 0.3) is 0 Å². The van der Waals surface area contributed by atoms with Crippen LogP contribution in [0.5, 0.6) is 0 Å². The Labute approximate surface area is 143 Å². The van der Waals surface area contributed by atoms with Crippen molar-refractivity contribution in [2.75, 3.05) is 13.1 Å². The molecular formula is C15H20N6O4. The first-order chi connectivity index (χ1) is 11.9. The molecule has 2 aromatic rings. The Morgan fingerprint density at radius 1 is 1.24 bits per heavy atom. The summed E-state index contributed by atoms with van der Waals surface area (Å²) in [5.74, 6) is -1.68. The van der Waals surface area contributed by atoms with Gasteiger partial charge in [-0.3, -0.25) is 19.0 Å². The molecule has 25 heavy (non-hydrogen) atoms. The van der Waals surface area contributed by atoms with Crippen molar-refractivity contribution >= 4 is 17.8 Å². The lowest BCUT2D eigenvalue weighted by Gasteiger charge is -2.13. The van der Waals surface area contributed by atoms with Crippen molar-refractivity contribution in [3.8, 4) is 0 Å². The Morgan fingerprint density at radius 3 is 2.56 bits per heavy atom. The van der Waals surface area contributed by atoms with Gasteiger partial charge in [0.1, 0.15) is 12.6 Å². The summed E-state index contributed by atoms with van der Waals surface area (Å²) >= 11 is 0. The van der Waals surface area contributed by atoms with E-state index in [1.165, 1.54) is 16.9 Å². The molecule has 0 spiro atoms. The molecule has 2 aromatic heterocycles. The number of hydrogen-bond donors (Lipinski definition) is 3. The molecule has 10 nitrogen and oxygen atoms in total. The van der Waals surface area contributed by atoms with E-state index in [2.05, 4.69) is 20.8 Å². The molecular weight excluding hydrogens is 328 g/mol. The highest BCUT2D eigenvalue weighted by atomic mass is 16.4. The van der Waals surface area contributed by atoms with Crippen molar-refractivity contribution in [3.05, 3.63) is 35.9 Å². The predicted molar refractivity (Wildman–Crippen MR) is 86.9 cm³/mol. The Bertz CT molecular complexity index is 766. The summed E-state index contributed by atoms with van der Waals surface area (Å²) in [5.41, 5.74) is 0.762. The first-order valence-electron chi connectivity index (χ1n) is 7.69. The van der Waals surface area contributed by atoms with Crippen molar-refractivity contribution in [1.29, 1.82) is 0 Å². The lowest BCUT2D eigenvalue weighted by atomic mass is 10.3. The monoisotopic (exact) mass is 348 g/mol. The summed E-state index contributed by atoms with van der Waals surface area (Å²) in [6.07, 6.45) is 3.05. The van der Waals surface area contributed by atoms with Gasteiger partial charge in [-0.05, 0) is 26.0 Å². The van der Waals surface area contributed by atoms with Crippen LogP contribution < -0.4 is 10.6 Å². The number of hydrogen-bond acceptors (Lipinski definition) is 5. The summed E-state index contributed by atoms with van der Waals surface area (Å²) in [5, 5.41) is 22.0. The molecule has 134 valence electrons. The molecule has 2 heterocycles. The lowest BCUT2D eigenvalue weighted by Crippen LogP contribution is -2.38. The summed E-state index contributed by atoms with van der Waals surface area (Å²) in [7, 11) is 0.